The van der Waals surface area contributed by atoms with Gasteiger partial charge >= 0.3 is 5.97 Å². The summed E-state index contributed by atoms with van der Waals surface area (Å²) in [4.78, 5) is 23.2. The molecule has 0 fully saturated rings. The van der Waals surface area contributed by atoms with Gasteiger partial charge in [-0.05, 0) is 18.9 Å². The summed E-state index contributed by atoms with van der Waals surface area (Å²) < 4.78 is 1.76. The highest BCUT2D eigenvalue weighted by Crippen LogP contribution is 2.25. The van der Waals surface area contributed by atoms with Crippen LogP contribution in [-0.2, 0) is 23.1 Å². The van der Waals surface area contributed by atoms with Crippen molar-refractivity contribution in [3.63, 3.8) is 0 Å². The number of aromatic nitrogens is 2. The summed E-state index contributed by atoms with van der Waals surface area (Å²) in [6.45, 7) is 0.491. The molecule has 1 heterocycles. The second-order valence-corrected chi connectivity index (χ2v) is 4.98. The number of aliphatic carboxylic acids is 1. The molecule has 6 heteroatoms. The lowest BCUT2D eigenvalue weighted by Gasteiger charge is -2.24. The monoisotopic (exact) mass is 277 g/mol. The minimum Gasteiger partial charge on any atom is -0.481 e. The first-order chi connectivity index (χ1) is 9.59. The fourth-order valence-corrected chi connectivity index (χ4v) is 2.47. The molecule has 0 spiro atoms. The molecule has 1 aromatic rings. The van der Waals surface area contributed by atoms with E-state index in [0.717, 1.165) is 5.69 Å². The maximum atomic E-state index is 12.1. The van der Waals surface area contributed by atoms with Crippen molar-refractivity contribution in [2.75, 3.05) is 6.54 Å². The summed E-state index contributed by atoms with van der Waals surface area (Å²) in [7, 11) is 1.85. The van der Waals surface area contributed by atoms with Crippen LogP contribution in [0.5, 0.6) is 0 Å². The Kier molecular flexibility index (Phi) is 4.55. The Morgan fingerprint density at radius 2 is 2.10 bits per heavy atom. The Bertz CT molecular complexity index is 521. The number of hydrogen-bond donors (Lipinski definition) is 2. The van der Waals surface area contributed by atoms with Crippen molar-refractivity contribution < 1.29 is 14.7 Å². The first-order valence-corrected chi connectivity index (χ1v) is 6.72. The van der Waals surface area contributed by atoms with Gasteiger partial charge in [0.05, 0.1) is 11.8 Å². The number of carboxylic acids is 1. The topological polar surface area (TPSA) is 84.2 Å². The minimum absolute atomic E-state index is 0.177. The fourth-order valence-electron chi connectivity index (χ4n) is 2.47. The Hall–Kier alpha value is -2.11. The predicted molar refractivity (Wildman–Crippen MR) is 72.9 cm³/mol. The van der Waals surface area contributed by atoms with Crippen LogP contribution < -0.4 is 5.32 Å². The number of allylic oxidation sites excluding steroid dienone is 2. The van der Waals surface area contributed by atoms with E-state index in [1.807, 2.05) is 25.3 Å². The smallest absolute Gasteiger partial charge is 0.307 e. The molecule has 0 bridgehead atoms. The van der Waals surface area contributed by atoms with E-state index in [-0.39, 0.29) is 5.91 Å². The lowest BCUT2D eigenvalue weighted by Crippen LogP contribution is -2.39. The Morgan fingerprint density at radius 3 is 2.70 bits per heavy atom. The summed E-state index contributed by atoms with van der Waals surface area (Å²) in [6.07, 6.45) is 7.03. The van der Waals surface area contributed by atoms with Gasteiger partial charge in [-0.3, -0.25) is 14.3 Å². The van der Waals surface area contributed by atoms with E-state index in [0.29, 0.717) is 25.8 Å². The molecule has 0 radical (unpaired) electrons. The van der Waals surface area contributed by atoms with E-state index in [1.165, 1.54) is 0 Å². The van der Waals surface area contributed by atoms with Gasteiger partial charge in [-0.2, -0.15) is 5.10 Å². The van der Waals surface area contributed by atoms with Gasteiger partial charge in [-0.1, -0.05) is 12.2 Å². The summed E-state index contributed by atoms with van der Waals surface area (Å²) in [5.41, 5.74) is 1.03. The molecular weight excluding hydrogens is 258 g/mol. The summed E-state index contributed by atoms with van der Waals surface area (Å²) in [5, 5.41) is 16.0. The van der Waals surface area contributed by atoms with Gasteiger partial charge in [-0.15, -0.1) is 0 Å². The van der Waals surface area contributed by atoms with Crippen LogP contribution in [0.2, 0.25) is 0 Å². The summed E-state index contributed by atoms with van der Waals surface area (Å²) in [6, 6.07) is 1.90. The van der Waals surface area contributed by atoms with Crippen molar-refractivity contribution in [1.29, 1.82) is 0 Å². The normalized spacial score (nSPS) is 21.6. The highest BCUT2D eigenvalue weighted by molar-refractivity contribution is 5.85. The number of aryl methyl sites for hydroxylation is 1. The second kappa shape index (κ2) is 6.36. The molecule has 1 aromatic heterocycles. The number of amides is 1. The molecule has 108 valence electrons. The number of carbonyl (C=O) groups excluding carboxylic acids is 1. The van der Waals surface area contributed by atoms with Crippen molar-refractivity contribution >= 4 is 11.9 Å². The van der Waals surface area contributed by atoms with Crippen molar-refractivity contribution in [3.05, 3.63) is 30.1 Å². The van der Waals surface area contributed by atoms with Crippen molar-refractivity contribution in [2.24, 2.45) is 18.9 Å². The van der Waals surface area contributed by atoms with Crippen LogP contribution in [0.25, 0.3) is 0 Å². The molecular formula is C14H19N3O3. The molecule has 0 unspecified atom stereocenters. The minimum atomic E-state index is -0.902. The number of carbonyl (C=O) groups is 2. The van der Waals surface area contributed by atoms with E-state index in [4.69, 9.17) is 5.11 Å². The molecule has 0 aromatic carbocycles. The van der Waals surface area contributed by atoms with E-state index in [9.17, 15) is 9.59 Å². The fraction of sp³-hybridized carbons (Fsp3) is 0.500. The first-order valence-electron chi connectivity index (χ1n) is 6.72. The Morgan fingerprint density at radius 1 is 1.40 bits per heavy atom. The zero-order chi connectivity index (χ0) is 14.5. The van der Waals surface area contributed by atoms with Crippen LogP contribution in [0.4, 0.5) is 0 Å². The van der Waals surface area contributed by atoms with E-state index in [1.54, 1.807) is 10.9 Å². The van der Waals surface area contributed by atoms with Gasteiger partial charge in [0.1, 0.15) is 0 Å². The van der Waals surface area contributed by atoms with Crippen molar-refractivity contribution in [3.8, 4) is 0 Å². The van der Waals surface area contributed by atoms with E-state index < -0.39 is 17.8 Å². The predicted octanol–water partition coefficient (Wildman–Crippen LogP) is 0.746. The van der Waals surface area contributed by atoms with Gasteiger partial charge in [0, 0.05) is 31.9 Å². The van der Waals surface area contributed by atoms with Crippen LogP contribution in [0.15, 0.2) is 24.4 Å². The molecule has 2 N–H and O–H groups in total. The lowest BCUT2D eigenvalue weighted by atomic mass is 9.82. The van der Waals surface area contributed by atoms with Gasteiger partial charge in [-0.25, -0.2) is 0 Å². The maximum absolute atomic E-state index is 12.1. The standard InChI is InChI=1S/C14H19N3O3/c1-17-10(7-9-16-17)6-8-15-13(18)11-4-2-3-5-12(11)14(19)20/h2-3,7,9,11-12H,4-6,8H2,1H3,(H,15,18)(H,19,20)/t11-,12+/m1/s1. The zero-order valence-electron chi connectivity index (χ0n) is 11.5. The van der Waals surface area contributed by atoms with E-state index >= 15 is 0 Å². The quantitative estimate of drug-likeness (QED) is 0.778. The van der Waals surface area contributed by atoms with Crippen LogP contribution in [-0.4, -0.2) is 33.3 Å². The largest absolute Gasteiger partial charge is 0.481 e. The van der Waals surface area contributed by atoms with Crippen LogP contribution in [0, 0.1) is 11.8 Å². The summed E-state index contributed by atoms with van der Waals surface area (Å²) >= 11 is 0. The molecule has 2 rings (SSSR count). The third-order valence-electron chi connectivity index (χ3n) is 3.69. The lowest BCUT2D eigenvalue weighted by molar-refractivity contribution is -0.147. The average molecular weight is 277 g/mol. The first kappa shape index (κ1) is 14.3. The highest BCUT2D eigenvalue weighted by Gasteiger charge is 2.33. The van der Waals surface area contributed by atoms with Gasteiger partial charge in [0.15, 0.2) is 0 Å². The molecule has 0 saturated carbocycles. The molecule has 1 amide bonds. The second-order valence-electron chi connectivity index (χ2n) is 4.98. The number of carboxylic acid groups (broad SMARTS) is 1. The number of nitrogens with one attached hydrogen (secondary N) is 1. The van der Waals surface area contributed by atoms with Crippen LogP contribution in [0.1, 0.15) is 18.5 Å². The SMILES string of the molecule is Cn1nccc1CCNC(=O)[C@@H]1CC=CC[C@@H]1C(=O)O. The number of hydrogen-bond acceptors (Lipinski definition) is 3. The summed E-state index contributed by atoms with van der Waals surface area (Å²) in [5.74, 6) is -2.16. The molecule has 1 aliphatic rings. The molecule has 2 atom stereocenters. The van der Waals surface area contributed by atoms with Crippen molar-refractivity contribution in [2.45, 2.75) is 19.3 Å². The number of rotatable bonds is 5. The third-order valence-corrected chi connectivity index (χ3v) is 3.69. The van der Waals surface area contributed by atoms with Crippen LogP contribution in [0.3, 0.4) is 0 Å². The van der Waals surface area contributed by atoms with Crippen molar-refractivity contribution in [1.82, 2.24) is 15.1 Å². The maximum Gasteiger partial charge on any atom is 0.307 e. The van der Waals surface area contributed by atoms with Gasteiger partial charge in [0.25, 0.3) is 0 Å². The highest BCUT2D eigenvalue weighted by atomic mass is 16.4. The number of nitrogens with zero attached hydrogens (tertiary/aromatic N) is 2. The Labute approximate surface area is 117 Å². The van der Waals surface area contributed by atoms with Crippen LogP contribution >= 0.6 is 0 Å². The molecule has 0 saturated heterocycles. The zero-order valence-corrected chi connectivity index (χ0v) is 11.5. The van der Waals surface area contributed by atoms with Gasteiger partial charge in [0.2, 0.25) is 5.91 Å². The third kappa shape index (κ3) is 3.26. The molecule has 0 aliphatic heterocycles. The average Bonchev–Trinajstić information content (AvgIpc) is 2.84. The molecule has 20 heavy (non-hydrogen) atoms. The van der Waals surface area contributed by atoms with Gasteiger partial charge < -0.3 is 10.4 Å². The molecule has 6 nitrogen and oxygen atoms in total. The van der Waals surface area contributed by atoms with E-state index in [2.05, 4.69) is 10.4 Å². The Balaban J connectivity index is 1.86. The molecule has 1 aliphatic carbocycles.